The van der Waals surface area contributed by atoms with Crippen LogP contribution in [0.15, 0.2) is 70.5 Å². The van der Waals surface area contributed by atoms with Crippen LogP contribution in [0.5, 0.6) is 0 Å². The van der Waals surface area contributed by atoms with Crippen LogP contribution in [0.1, 0.15) is 52.9 Å². The van der Waals surface area contributed by atoms with Gasteiger partial charge in [-0.05, 0) is 49.1 Å². The van der Waals surface area contributed by atoms with Gasteiger partial charge in [0.15, 0.2) is 5.65 Å². The van der Waals surface area contributed by atoms with Crippen molar-refractivity contribution in [3.05, 3.63) is 104 Å². The molecule has 9 nitrogen and oxygen atoms in total. The van der Waals surface area contributed by atoms with Crippen molar-refractivity contribution in [3.8, 4) is 0 Å². The van der Waals surface area contributed by atoms with E-state index in [-0.39, 0.29) is 28.4 Å². The Hall–Kier alpha value is -4.53. The standard InChI is InChI=1S/C28H26N6O3/c1-2-34-25-24(27(36)32-28(34)37)20(13-22(31-25)19-11-12-19)26(35)29-14-17-7-9-18(10-8-17)15-33-16-30-21-5-3-4-6-23(21)33/h3-10,13,16,19H,2,11-12,14-15H2,1H3,(H,29,35)(H,32,36,37). The molecule has 0 unspecified atom stereocenters. The van der Waals surface area contributed by atoms with E-state index in [0.717, 1.165) is 40.7 Å². The van der Waals surface area contributed by atoms with Crippen molar-refractivity contribution in [1.82, 2.24) is 29.4 Å². The summed E-state index contributed by atoms with van der Waals surface area (Å²) in [6.07, 6.45) is 3.81. The Morgan fingerprint density at radius 2 is 1.84 bits per heavy atom. The van der Waals surface area contributed by atoms with E-state index in [9.17, 15) is 14.4 Å². The van der Waals surface area contributed by atoms with Crippen molar-refractivity contribution in [2.75, 3.05) is 0 Å². The van der Waals surface area contributed by atoms with E-state index in [1.54, 1.807) is 6.07 Å². The van der Waals surface area contributed by atoms with Crippen LogP contribution >= 0.6 is 0 Å². The lowest BCUT2D eigenvalue weighted by Gasteiger charge is -2.13. The predicted molar refractivity (Wildman–Crippen MR) is 141 cm³/mol. The van der Waals surface area contributed by atoms with Crippen molar-refractivity contribution in [1.29, 1.82) is 0 Å². The maximum atomic E-state index is 13.3. The Morgan fingerprint density at radius 3 is 2.59 bits per heavy atom. The molecule has 2 N–H and O–H groups in total. The summed E-state index contributed by atoms with van der Waals surface area (Å²) >= 11 is 0. The molecule has 1 amide bonds. The van der Waals surface area contributed by atoms with Gasteiger partial charge in [-0.3, -0.25) is 19.1 Å². The average molecular weight is 495 g/mol. The van der Waals surface area contributed by atoms with Gasteiger partial charge in [0, 0.05) is 31.2 Å². The number of carbonyl (C=O) groups is 1. The highest BCUT2D eigenvalue weighted by Crippen LogP contribution is 2.39. The second-order valence-corrected chi connectivity index (χ2v) is 9.43. The number of carbonyl (C=O) groups excluding carboxylic acids is 1. The lowest BCUT2D eigenvalue weighted by molar-refractivity contribution is 0.0952. The number of aromatic amines is 1. The number of H-pyrrole nitrogens is 1. The highest BCUT2D eigenvalue weighted by atomic mass is 16.2. The Labute approximate surface area is 211 Å². The third kappa shape index (κ3) is 4.33. The summed E-state index contributed by atoms with van der Waals surface area (Å²) in [5.74, 6) is -0.106. The number of fused-ring (bicyclic) bond motifs is 2. The number of imidazole rings is 1. The molecule has 0 radical (unpaired) electrons. The smallest absolute Gasteiger partial charge is 0.329 e. The van der Waals surface area contributed by atoms with Crippen LogP contribution < -0.4 is 16.6 Å². The molecule has 2 aromatic carbocycles. The molecule has 9 heteroatoms. The molecule has 0 atom stereocenters. The minimum atomic E-state index is -0.596. The number of pyridine rings is 1. The van der Waals surface area contributed by atoms with Crippen LogP contribution in [0.25, 0.3) is 22.1 Å². The monoisotopic (exact) mass is 494 g/mol. The topological polar surface area (TPSA) is 115 Å². The van der Waals surface area contributed by atoms with Crippen LogP contribution in [-0.4, -0.2) is 30.0 Å². The fourth-order valence-corrected chi connectivity index (χ4v) is 4.73. The molecule has 1 aliphatic rings. The van der Waals surface area contributed by atoms with Crippen LogP contribution in [0.3, 0.4) is 0 Å². The first-order chi connectivity index (χ1) is 18.0. The van der Waals surface area contributed by atoms with Gasteiger partial charge in [-0.1, -0.05) is 36.4 Å². The molecule has 1 aliphatic carbocycles. The van der Waals surface area contributed by atoms with Crippen LogP contribution in [0, 0.1) is 0 Å². The molecule has 1 saturated carbocycles. The van der Waals surface area contributed by atoms with Crippen molar-refractivity contribution in [2.24, 2.45) is 0 Å². The SMILES string of the molecule is CCn1c(=O)[nH]c(=O)c2c(C(=O)NCc3ccc(Cn4cnc5ccccc54)cc3)cc(C3CC3)nc21. The van der Waals surface area contributed by atoms with Gasteiger partial charge in [-0.25, -0.2) is 14.8 Å². The van der Waals surface area contributed by atoms with Gasteiger partial charge in [0.2, 0.25) is 0 Å². The molecule has 6 rings (SSSR count). The number of benzene rings is 2. The Morgan fingerprint density at radius 1 is 1.08 bits per heavy atom. The zero-order valence-corrected chi connectivity index (χ0v) is 20.4. The van der Waals surface area contributed by atoms with Crippen LogP contribution in [0.4, 0.5) is 0 Å². The maximum absolute atomic E-state index is 13.3. The average Bonchev–Trinajstić information content (AvgIpc) is 3.69. The highest BCUT2D eigenvalue weighted by molar-refractivity contribution is 6.05. The molecular weight excluding hydrogens is 468 g/mol. The van der Waals surface area contributed by atoms with E-state index in [1.807, 2.05) is 55.7 Å². The zero-order chi connectivity index (χ0) is 25.5. The summed E-state index contributed by atoms with van der Waals surface area (Å²) in [6.45, 7) is 3.15. The first-order valence-electron chi connectivity index (χ1n) is 12.5. The third-order valence-corrected chi connectivity index (χ3v) is 6.88. The van der Waals surface area contributed by atoms with Crippen LogP contribution in [0.2, 0.25) is 0 Å². The number of para-hydroxylation sites is 2. The van der Waals surface area contributed by atoms with Crippen molar-refractivity contribution in [2.45, 2.75) is 45.3 Å². The van der Waals surface area contributed by atoms with Gasteiger partial charge >= 0.3 is 5.69 Å². The summed E-state index contributed by atoms with van der Waals surface area (Å²) in [7, 11) is 0. The van der Waals surface area contributed by atoms with E-state index in [4.69, 9.17) is 0 Å². The largest absolute Gasteiger partial charge is 0.348 e. The van der Waals surface area contributed by atoms with Gasteiger partial charge in [0.05, 0.1) is 28.3 Å². The van der Waals surface area contributed by atoms with E-state index in [0.29, 0.717) is 19.6 Å². The Bertz CT molecular complexity index is 1760. The van der Waals surface area contributed by atoms with Crippen LogP contribution in [-0.2, 0) is 19.6 Å². The molecule has 0 bridgehead atoms. The minimum Gasteiger partial charge on any atom is -0.348 e. The summed E-state index contributed by atoms with van der Waals surface area (Å²) in [6, 6.07) is 17.8. The molecule has 37 heavy (non-hydrogen) atoms. The summed E-state index contributed by atoms with van der Waals surface area (Å²) in [5, 5.41) is 3.09. The zero-order valence-electron chi connectivity index (χ0n) is 20.4. The normalized spacial score (nSPS) is 13.3. The predicted octanol–water partition coefficient (Wildman–Crippen LogP) is 3.31. The van der Waals surface area contributed by atoms with Crippen molar-refractivity contribution >= 4 is 28.0 Å². The number of nitrogens with one attached hydrogen (secondary N) is 2. The quantitative estimate of drug-likeness (QED) is 0.360. The number of aromatic nitrogens is 5. The molecule has 3 heterocycles. The molecule has 0 spiro atoms. The van der Waals surface area contributed by atoms with Gasteiger partial charge < -0.3 is 9.88 Å². The summed E-state index contributed by atoms with van der Waals surface area (Å²) in [5.41, 5.74) is 4.26. The molecule has 5 aromatic rings. The Kier molecular flexibility index (Phi) is 5.67. The van der Waals surface area contributed by atoms with Crippen molar-refractivity contribution < 1.29 is 4.79 Å². The molecule has 0 aliphatic heterocycles. The first kappa shape index (κ1) is 22.9. The lowest BCUT2D eigenvalue weighted by atomic mass is 10.1. The number of amides is 1. The van der Waals surface area contributed by atoms with Gasteiger partial charge in [-0.2, -0.15) is 0 Å². The number of aryl methyl sites for hydroxylation is 1. The third-order valence-electron chi connectivity index (χ3n) is 6.88. The van der Waals surface area contributed by atoms with E-state index >= 15 is 0 Å². The Balaban J connectivity index is 1.23. The van der Waals surface area contributed by atoms with Gasteiger partial charge in [0.1, 0.15) is 0 Å². The van der Waals surface area contributed by atoms with Gasteiger partial charge in [0.25, 0.3) is 11.5 Å². The van der Waals surface area contributed by atoms with E-state index < -0.39 is 11.2 Å². The highest BCUT2D eigenvalue weighted by Gasteiger charge is 2.28. The number of rotatable bonds is 7. The molecule has 186 valence electrons. The molecule has 1 fully saturated rings. The number of nitrogens with zero attached hydrogens (tertiary/aromatic N) is 4. The lowest BCUT2D eigenvalue weighted by Crippen LogP contribution is -2.33. The number of hydrogen-bond acceptors (Lipinski definition) is 5. The van der Waals surface area contributed by atoms with Crippen molar-refractivity contribution in [3.63, 3.8) is 0 Å². The van der Waals surface area contributed by atoms with E-state index in [2.05, 4.69) is 30.9 Å². The summed E-state index contributed by atoms with van der Waals surface area (Å²) < 4.78 is 3.51. The minimum absolute atomic E-state index is 0.145. The number of hydrogen-bond donors (Lipinski definition) is 2. The molecular formula is C28H26N6O3. The molecule has 0 saturated heterocycles. The first-order valence-corrected chi connectivity index (χ1v) is 12.5. The van der Waals surface area contributed by atoms with E-state index in [1.165, 1.54) is 4.57 Å². The fraction of sp³-hybridized carbons (Fsp3) is 0.250. The maximum Gasteiger partial charge on any atom is 0.329 e. The summed E-state index contributed by atoms with van der Waals surface area (Å²) in [4.78, 5) is 49.7. The second kappa shape index (κ2) is 9.16. The fourth-order valence-electron chi connectivity index (χ4n) is 4.73. The molecule has 3 aromatic heterocycles. The van der Waals surface area contributed by atoms with Gasteiger partial charge in [-0.15, -0.1) is 0 Å². The second-order valence-electron chi connectivity index (χ2n) is 9.43.